The molecule has 1 heterocycles. The molecular formula is C22H21N5O3. The smallest absolute Gasteiger partial charge is 0.262 e. The molecule has 0 atom stereocenters. The number of hydrogen-bond donors (Lipinski definition) is 3. The van der Waals surface area contributed by atoms with Crippen LogP contribution in [0.2, 0.25) is 0 Å². The maximum absolute atomic E-state index is 12.3. The van der Waals surface area contributed by atoms with Crippen LogP contribution in [0.1, 0.15) is 5.56 Å². The Bertz CT molecular complexity index is 1030. The molecule has 8 heteroatoms. The highest BCUT2D eigenvalue weighted by Crippen LogP contribution is 2.21. The lowest BCUT2D eigenvalue weighted by atomic mass is 10.2. The van der Waals surface area contributed by atoms with Crippen LogP contribution in [0, 0.1) is 0 Å². The minimum absolute atomic E-state index is 0.113. The summed E-state index contributed by atoms with van der Waals surface area (Å²) < 4.78 is 11.4. The zero-order chi connectivity index (χ0) is 20.6. The maximum atomic E-state index is 12.3. The lowest BCUT2D eigenvalue weighted by Gasteiger charge is -2.15. The molecule has 8 nitrogen and oxygen atoms in total. The van der Waals surface area contributed by atoms with Crippen LogP contribution in [-0.2, 0) is 11.4 Å². The van der Waals surface area contributed by atoms with Crippen molar-refractivity contribution in [2.75, 3.05) is 16.9 Å². The van der Waals surface area contributed by atoms with Crippen molar-refractivity contribution >= 4 is 23.6 Å². The van der Waals surface area contributed by atoms with E-state index in [2.05, 4.69) is 21.5 Å². The van der Waals surface area contributed by atoms with E-state index in [1.807, 2.05) is 54.6 Å². The highest BCUT2D eigenvalue weighted by Gasteiger charge is 2.09. The molecule has 0 fully saturated rings. The number of amides is 1. The van der Waals surface area contributed by atoms with Gasteiger partial charge in [-0.2, -0.15) is 5.10 Å². The lowest BCUT2D eigenvalue weighted by Crippen LogP contribution is -2.37. The third kappa shape index (κ3) is 5.27. The SMILES string of the molecule is O=C(COc1cccc(N2C=NNN2)c1)Nc1cccc(OCc2ccccc2)c1. The van der Waals surface area contributed by atoms with Gasteiger partial charge < -0.3 is 14.8 Å². The number of benzene rings is 3. The van der Waals surface area contributed by atoms with E-state index in [9.17, 15) is 4.79 Å². The second-order valence-electron chi connectivity index (χ2n) is 6.47. The van der Waals surface area contributed by atoms with Gasteiger partial charge in [0.15, 0.2) is 6.61 Å². The molecule has 0 bridgehead atoms. The molecule has 0 saturated carbocycles. The lowest BCUT2D eigenvalue weighted by molar-refractivity contribution is -0.118. The van der Waals surface area contributed by atoms with Gasteiger partial charge in [-0.3, -0.25) is 4.79 Å². The average Bonchev–Trinajstić information content (AvgIpc) is 3.33. The summed E-state index contributed by atoms with van der Waals surface area (Å²) in [6.45, 7) is 0.349. The standard InChI is InChI=1S/C22H21N5O3/c28-22(15-30-21-11-5-9-19(13-21)27-16-23-25-26-27)24-18-8-4-10-20(12-18)29-14-17-6-2-1-3-7-17/h1-13,16,25-26H,14-15H2,(H,24,28). The minimum atomic E-state index is -0.261. The number of hydrazone groups is 1. The molecule has 1 amide bonds. The Hall–Kier alpha value is -4.04. The summed E-state index contributed by atoms with van der Waals surface area (Å²) >= 11 is 0. The molecule has 1 aliphatic heterocycles. The van der Waals surface area contributed by atoms with Crippen LogP contribution in [0.5, 0.6) is 11.5 Å². The summed E-state index contributed by atoms with van der Waals surface area (Å²) in [4.78, 5) is 12.3. The quantitative estimate of drug-likeness (QED) is 0.536. The maximum Gasteiger partial charge on any atom is 0.262 e. The first-order valence-corrected chi connectivity index (χ1v) is 9.39. The zero-order valence-electron chi connectivity index (χ0n) is 16.1. The minimum Gasteiger partial charge on any atom is -0.489 e. The third-order valence-electron chi connectivity index (χ3n) is 4.24. The summed E-state index contributed by atoms with van der Waals surface area (Å²) in [6, 6.07) is 24.5. The number of rotatable bonds is 8. The van der Waals surface area contributed by atoms with Gasteiger partial charge in [-0.25, -0.2) is 10.5 Å². The molecule has 3 aromatic rings. The topological polar surface area (TPSA) is 87.2 Å². The van der Waals surface area contributed by atoms with Crippen LogP contribution >= 0.6 is 0 Å². The van der Waals surface area contributed by atoms with Gasteiger partial charge in [-0.15, -0.1) is 5.53 Å². The number of nitrogens with one attached hydrogen (secondary N) is 3. The number of hydrogen-bond acceptors (Lipinski definition) is 7. The first kappa shape index (κ1) is 19.3. The fraction of sp³-hybridized carbons (Fsp3) is 0.0909. The number of hydrazine groups is 2. The Morgan fingerprint density at radius 2 is 1.73 bits per heavy atom. The van der Waals surface area contributed by atoms with Crippen LogP contribution in [0.25, 0.3) is 0 Å². The van der Waals surface area contributed by atoms with Crippen LogP contribution in [0.15, 0.2) is 84.0 Å². The summed E-state index contributed by atoms with van der Waals surface area (Å²) in [5, 5.41) is 8.36. The summed E-state index contributed by atoms with van der Waals surface area (Å²) in [5.41, 5.74) is 8.01. The van der Waals surface area contributed by atoms with Crippen LogP contribution < -0.4 is 30.9 Å². The Balaban J connectivity index is 1.29. The number of carbonyl (C=O) groups excluding carboxylic acids is 1. The van der Waals surface area contributed by atoms with Crippen molar-refractivity contribution in [2.24, 2.45) is 5.10 Å². The summed E-state index contributed by atoms with van der Waals surface area (Å²) in [7, 11) is 0. The molecule has 0 unspecified atom stereocenters. The van der Waals surface area contributed by atoms with Crippen molar-refractivity contribution in [1.29, 1.82) is 0 Å². The monoisotopic (exact) mass is 403 g/mol. The van der Waals surface area contributed by atoms with E-state index >= 15 is 0 Å². The van der Waals surface area contributed by atoms with E-state index in [4.69, 9.17) is 9.47 Å². The highest BCUT2D eigenvalue weighted by atomic mass is 16.5. The second kappa shape index (κ2) is 9.44. The predicted octanol–water partition coefficient (Wildman–Crippen LogP) is 3.06. The molecule has 1 aliphatic rings. The van der Waals surface area contributed by atoms with Crippen molar-refractivity contribution in [2.45, 2.75) is 6.61 Å². The molecule has 152 valence electrons. The number of ether oxygens (including phenoxy) is 2. The van der Waals surface area contributed by atoms with Crippen molar-refractivity contribution in [1.82, 2.24) is 11.1 Å². The first-order valence-electron chi connectivity index (χ1n) is 9.39. The largest absolute Gasteiger partial charge is 0.489 e. The van der Waals surface area contributed by atoms with Crippen molar-refractivity contribution < 1.29 is 14.3 Å². The van der Waals surface area contributed by atoms with Gasteiger partial charge in [0.2, 0.25) is 0 Å². The van der Waals surface area contributed by atoms with E-state index in [0.29, 0.717) is 23.8 Å². The van der Waals surface area contributed by atoms with Gasteiger partial charge in [-0.05, 0) is 29.8 Å². The molecule has 4 rings (SSSR count). The van der Waals surface area contributed by atoms with Crippen LogP contribution in [0.4, 0.5) is 11.4 Å². The molecule has 3 N–H and O–H groups in total. The van der Waals surface area contributed by atoms with Gasteiger partial charge in [0, 0.05) is 17.8 Å². The molecule has 30 heavy (non-hydrogen) atoms. The molecule has 0 saturated heterocycles. The van der Waals surface area contributed by atoms with Crippen LogP contribution in [0.3, 0.4) is 0 Å². The zero-order valence-corrected chi connectivity index (χ0v) is 16.1. The fourth-order valence-corrected chi connectivity index (χ4v) is 2.80. The van der Waals surface area contributed by atoms with Crippen molar-refractivity contribution in [3.8, 4) is 11.5 Å². The third-order valence-corrected chi connectivity index (χ3v) is 4.24. The molecular weight excluding hydrogens is 382 g/mol. The van der Waals surface area contributed by atoms with E-state index in [0.717, 1.165) is 11.3 Å². The van der Waals surface area contributed by atoms with Gasteiger partial charge in [0.1, 0.15) is 24.4 Å². The Kier molecular flexibility index (Phi) is 6.07. The second-order valence-corrected chi connectivity index (χ2v) is 6.47. The van der Waals surface area contributed by atoms with Gasteiger partial charge in [-0.1, -0.05) is 42.5 Å². The predicted molar refractivity (Wildman–Crippen MR) is 115 cm³/mol. The Morgan fingerprint density at radius 3 is 2.53 bits per heavy atom. The number of anilines is 2. The van der Waals surface area contributed by atoms with E-state index in [-0.39, 0.29) is 12.5 Å². The van der Waals surface area contributed by atoms with Crippen LogP contribution in [-0.4, -0.2) is 18.9 Å². The highest BCUT2D eigenvalue weighted by molar-refractivity contribution is 5.92. The molecule has 3 aromatic carbocycles. The van der Waals surface area contributed by atoms with Gasteiger partial charge >= 0.3 is 0 Å². The molecule has 0 radical (unpaired) electrons. The molecule has 0 aromatic heterocycles. The van der Waals surface area contributed by atoms with E-state index < -0.39 is 0 Å². The number of carbonyl (C=O) groups is 1. The number of nitrogens with zero attached hydrogens (tertiary/aromatic N) is 2. The normalized spacial score (nSPS) is 12.3. The molecule has 0 aliphatic carbocycles. The molecule has 0 spiro atoms. The van der Waals surface area contributed by atoms with E-state index in [1.165, 1.54) is 0 Å². The Labute approximate surface area is 174 Å². The Morgan fingerprint density at radius 1 is 0.933 bits per heavy atom. The van der Waals surface area contributed by atoms with Gasteiger partial charge in [0.25, 0.3) is 5.91 Å². The van der Waals surface area contributed by atoms with Crippen molar-refractivity contribution in [3.63, 3.8) is 0 Å². The average molecular weight is 403 g/mol. The van der Waals surface area contributed by atoms with Gasteiger partial charge in [0.05, 0.1) is 5.69 Å². The van der Waals surface area contributed by atoms with E-state index in [1.54, 1.807) is 35.6 Å². The summed E-state index contributed by atoms with van der Waals surface area (Å²) in [5.74, 6) is 0.992. The summed E-state index contributed by atoms with van der Waals surface area (Å²) in [6.07, 6.45) is 1.60. The van der Waals surface area contributed by atoms with Crippen molar-refractivity contribution in [3.05, 3.63) is 84.4 Å². The fourth-order valence-electron chi connectivity index (χ4n) is 2.80. The first-order chi connectivity index (χ1) is 14.8.